The van der Waals surface area contributed by atoms with Gasteiger partial charge in [-0.05, 0) is 49.1 Å². The van der Waals surface area contributed by atoms with E-state index >= 15 is 0 Å². The SMILES string of the molecule is Cc1nsc(C)c1C(=O)OCc1ccc(OCc2cccnc2)cc1. The third-order valence-electron chi connectivity index (χ3n) is 3.66. The highest BCUT2D eigenvalue weighted by Crippen LogP contribution is 2.19. The molecule has 0 amide bonds. The minimum absolute atomic E-state index is 0.219. The molecule has 3 aromatic rings. The Balaban J connectivity index is 1.53. The van der Waals surface area contributed by atoms with E-state index in [0.717, 1.165) is 21.8 Å². The maximum Gasteiger partial charge on any atom is 0.341 e. The van der Waals surface area contributed by atoms with Crippen LogP contribution in [0.2, 0.25) is 0 Å². The predicted octanol–water partition coefficient (Wildman–Crippen LogP) is 4.09. The van der Waals surface area contributed by atoms with Gasteiger partial charge in [0.15, 0.2) is 0 Å². The van der Waals surface area contributed by atoms with E-state index in [9.17, 15) is 4.79 Å². The molecule has 0 fully saturated rings. The maximum atomic E-state index is 12.2. The van der Waals surface area contributed by atoms with Gasteiger partial charge in [0.1, 0.15) is 19.0 Å². The summed E-state index contributed by atoms with van der Waals surface area (Å²) in [7, 11) is 0. The van der Waals surface area contributed by atoms with Crippen molar-refractivity contribution >= 4 is 17.5 Å². The van der Waals surface area contributed by atoms with Gasteiger partial charge in [0.25, 0.3) is 0 Å². The van der Waals surface area contributed by atoms with Crippen LogP contribution in [0, 0.1) is 13.8 Å². The molecule has 0 aliphatic carbocycles. The second-order valence-electron chi connectivity index (χ2n) is 5.57. The second kappa shape index (κ2) is 7.90. The van der Waals surface area contributed by atoms with E-state index in [1.54, 1.807) is 12.4 Å². The van der Waals surface area contributed by atoms with Crippen LogP contribution in [0.3, 0.4) is 0 Å². The van der Waals surface area contributed by atoms with Gasteiger partial charge in [0.05, 0.1) is 11.3 Å². The first-order valence-electron chi connectivity index (χ1n) is 7.84. The number of carbonyl (C=O) groups is 1. The van der Waals surface area contributed by atoms with Crippen LogP contribution in [0.4, 0.5) is 0 Å². The molecule has 1 aromatic carbocycles. The van der Waals surface area contributed by atoms with Crippen LogP contribution < -0.4 is 4.74 Å². The molecule has 0 saturated heterocycles. The molecule has 5 nitrogen and oxygen atoms in total. The van der Waals surface area contributed by atoms with Crippen molar-refractivity contribution in [3.05, 3.63) is 76.1 Å². The smallest absolute Gasteiger partial charge is 0.341 e. The number of ether oxygens (including phenoxy) is 2. The number of esters is 1. The molecule has 2 heterocycles. The van der Waals surface area contributed by atoms with Gasteiger partial charge in [-0.1, -0.05) is 18.2 Å². The van der Waals surface area contributed by atoms with Crippen molar-refractivity contribution in [2.45, 2.75) is 27.1 Å². The fourth-order valence-corrected chi connectivity index (χ4v) is 3.02. The van der Waals surface area contributed by atoms with Crippen molar-refractivity contribution in [3.63, 3.8) is 0 Å². The first-order chi connectivity index (χ1) is 12.1. The van der Waals surface area contributed by atoms with E-state index in [-0.39, 0.29) is 12.6 Å². The summed E-state index contributed by atoms with van der Waals surface area (Å²) in [5, 5.41) is 0. The van der Waals surface area contributed by atoms with E-state index in [1.807, 2.05) is 50.2 Å². The summed E-state index contributed by atoms with van der Waals surface area (Å²) < 4.78 is 15.3. The first-order valence-corrected chi connectivity index (χ1v) is 8.61. The van der Waals surface area contributed by atoms with E-state index in [4.69, 9.17) is 9.47 Å². The molecule has 0 aliphatic rings. The maximum absolute atomic E-state index is 12.2. The Morgan fingerprint density at radius 1 is 1.08 bits per heavy atom. The van der Waals surface area contributed by atoms with E-state index in [0.29, 0.717) is 17.9 Å². The number of hydrogen-bond donors (Lipinski definition) is 0. The van der Waals surface area contributed by atoms with Crippen LogP contribution in [0.25, 0.3) is 0 Å². The van der Waals surface area contributed by atoms with Gasteiger partial charge < -0.3 is 9.47 Å². The molecule has 6 heteroatoms. The van der Waals surface area contributed by atoms with E-state index in [2.05, 4.69) is 9.36 Å². The molecule has 0 unspecified atom stereocenters. The van der Waals surface area contributed by atoms with Gasteiger partial charge in [0, 0.05) is 22.8 Å². The summed E-state index contributed by atoms with van der Waals surface area (Å²) in [5.41, 5.74) is 3.20. The highest BCUT2D eigenvalue weighted by molar-refractivity contribution is 7.06. The minimum Gasteiger partial charge on any atom is -0.489 e. The quantitative estimate of drug-likeness (QED) is 0.624. The Bertz CT molecular complexity index is 825. The van der Waals surface area contributed by atoms with Gasteiger partial charge in [-0.15, -0.1) is 0 Å². The van der Waals surface area contributed by atoms with Crippen molar-refractivity contribution in [3.8, 4) is 5.75 Å². The summed E-state index contributed by atoms with van der Waals surface area (Å²) in [5.74, 6) is 0.424. The first kappa shape index (κ1) is 17.1. The van der Waals surface area contributed by atoms with Gasteiger partial charge in [-0.2, -0.15) is 4.37 Å². The van der Waals surface area contributed by atoms with Crippen LogP contribution in [0.15, 0.2) is 48.8 Å². The van der Waals surface area contributed by atoms with E-state index in [1.165, 1.54) is 11.5 Å². The van der Waals surface area contributed by atoms with Crippen LogP contribution in [0.1, 0.15) is 32.1 Å². The molecular formula is C19H18N2O3S. The number of benzene rings is 1. The summed E-state index contributed by atoms with van der Waals surface area (Å²) >= 11 is 1.31. The molecule has 0 atom stereocenters. The lowest BCUT2D eigenvalue weighted by molar-refractivity contribution is 0.0471. The molecule has 128 valence electrons. The summed E-state index contributed by atoms with van der Waals surface area (Å²) in [6.45, 7) is 4.37. The largest absolute Gasteiger partial charge is 0.489 e. The number of nitrogens with zero attached hydrogens (tertiary/aromatic N) is 2. The summed E-state index contributed by atoms with van der Waals surface area (Å²) in [4.78, 5) is 17.1. The highest BCUT2D eigenvalue weighted by atomic mass is 32.1. The topological polar surface area (TPSA) is 61.3 Å². The molecule has 0 N–H and O–H groups in total. The average molecular weight is 354 g/mol. The predicted molar refractivity (Wildman–Crippen MR) is 95.7 cm³/mol. The van der Waals surface area contributed by atoms with Crippen molar-refractivity contribution in [1.29, 1.82) is 0 Å². The Morgan fingerprint density at radius 3 is 2.52 bits per heavy atom. The van der Waals surface area contributed by atoms with Crippen molar-refractivity contribution in [1.82, 2.24) is 9.36 Å². The lowest BCUT2D eigenvalue weighted by Crippen LogP contribution is -2.07. The molecule has 25 heavy (non-hydrogen) atoms. The van der Waals surface area contributed by atoms with Crippen LogP contribution in [-0.4, -0.2) is 15.3 Å². The molecule has 0 bridgehead atoms. The zero-order valence-electron chi connectivity index (χ0n) is 14.1. The van der Waals surface area contributed by atoms with Gasteiger partial charge >= 0.3 is 5.97 Å². The minimum atomic E-state index is -0.333. The third kappa shape index (κ3) is 4.42. The second-order valence-corrected chi connectivity index (χ2v) is 6.55. The Labute approximate surface area is 150 Å². The molecule has 2 aromatic heterocycles. The number of pyridine rings is 1. The Morgan fingerprint density at radius 2 is 1.88 bits per heavy atom. The summed E-state index contributed by atoms with van der Waals surface area (Å²) in [6, 6.07) is 11.3. The Hall–Kier alpha value is -2.73. The van der Waals surface area contributed by atoms with Crippen LogP contribution >= 0.6 is 11.5 Å². The average Bonchev–Trinajstić information content (AvgIpc) is 2.98. The number of aryl methyl sites for hydroxylation is 2. The van der Waals surface area contributed by atoms with Crippen molar-refractivity contribution in [2.75, 3.05) is 0 Å². The molecule has 0 radical (unpaired) electrons. The molecule has 0 spiro atoms. The zero-order chi connectivity index (χ0) is 17.6. The third-order valence-corrected chi connectivity index (χ3v) is 4.50. The van der Waals surface area contributed by atoms with Crippen molar-refractivity contribution in [2.24, 2.45) is 0 Å². The number of rotatable bonds is 6. The lowest BCUT2D eigenvalue weighted by atomic mass is 10.2. The van der Waals surface area contributed by atoms with Crippen LogP contribution in [-0.2, 0) is 18.0 Å². The lowest BCUT2D eigenvalue weighted by Gasteiger charge is -2.08. The molecule has 0 aliphatic heterocycles. The fourth-order valence-electron chi connectivity index (χ4n) is 2.33. The van der Waals surface area contributed by atoms with Gasteiger partial charge in [-0.3, -0.25) is 4.98 Å². The molecule has 0 saturated carbocycles. The van der Waals surface area contributed by atoms with Crippen LogP contribution in [0.5, 0.6) is 5.75 Å². The fraction of sp³-hybridized carbons (Fsp3) is 0.211. The number of hydrogen-bond acceptors (Lipinski definition) is 6. The molecular weight excluding hydrogens is 336 g/mol. The zero-order valence-corrected chi connectivity index (χ0v) is 14.9. The number of aromatic nitrogens is 2. The Kier molecular flexibility index (Phi) is 5.40. The van der Waals surface area contributed by atoms with E-state index < -0.39 is 0 Å². The standard InChI is InChI=1S/C19H18N2O3S/c1-13-18(14(2)25-21-13)19(22)24-11-15-5-7-17(8-6-15)23-12-16-4-3-9-20-10-16/h3-10H,11-12H2,1-2H3. The van der Waals surface area contributed by atoms with Gasteiger partial charge in [0.2, 0.25) is 0 Å². The normalized spacial score (nSPS) is 10.5. The highest BCUT2D eigenvalue weighted by Gasteiger charge is 2.17. The number of carbonyl (C=O) groups excluding carboxylic acids is 1. The van der Waals surface area contributed by atoms with Crippen molar-refractivity contribution < 1.29 is 14.3 Å². The van der Waals surface area contributed by atoms with Gasteiger partial charge in [-0.25, -0.2) is 4.79 Å². The monoisotopic (exact) mass is 354 g/mol. The summed E-state index contributed by atoms with van der Waals surface area (Å²) in [6.07, 6.45) is 3.51. The molecule has 3 rings (SSSR count).